The first-order valence-corrected chi connectivity index (χ1v) is 6.93. The number of hydrogen-bond donors (Lipinski definition) is 0. The second kappa shape index (κ2) is 5.45. The van der Waals surface area contributed by atoms with Crippen LogP contribution in [0.2, 0.25) is 0 Å². The van der Waals surface area contributed by atoms with Gasteiger partial charge in [-0.3, -0.25) is 4.98 Å². The van der Waals surface area contributed by atoms with E-state index in [-0.39, 0.29) is 0 Å². The van der Waals surface area contributed by atoms with Gasteiger partial charge in [0.15, 0.2) is 0 Å². The van der Waals surface area contributed by atoms with E-state index >= 15 is 0 Å². The molecule has 19 heavy (non-hydrogen) atoms. The summed E-state index contributed by atoms with van der Waals surface area (Å²) in [4.78, 5) is 4.21. The highest BCUT2D eigenvalue weighted by Crippen LogP contribution is 2.42. The van der Waals surface area contributed by atoms with Crippen LogP contribution in [0.1, 0.15) is 50.7 Å². The van der Waals surface area contributed by atoms with Crippen LogP contribution in [0.5, 0.6) is 0 Å². The van der Waals surface area contributed by atoms with Gasteiger partial charge in [-0.1, -0.05) is 32.6 Å². The van der Waals surface area contributed by atoms with E-state index < -0.39 is 5.41 Å². The predicted molar refractivity (Wildman–Crippen MR) is 76.3 cm³/mol. The Labute approximate surface area is 115 Å². The lowest BCUT2D eigenvalue weighted by atomic mass is 9.72. The molecule has 0 N–H and O–H groups in total. The van der Waals surface area contributed by atoms with Gasteiger partial charge in [-0.05, 0) is 36.3 Å². The number of nitriles is 1. The van der Waals surface area contributed by atoms with Crippen molar-refractivity contribution in [2.24, 2.45) is 11.8 Å². The molecule has 1 saturated carbocycles. The fraction of sp³-hybridized carbons (Fsp3) is 0.529. The van der Waals surface area contributed by atoms with Crippen LogP contribution < -0.4 is 0 Å². The van der Waals surface area contributed by atoms with Crippen molar-refractivity contribution in [3.63, 3.8) is 0 Å². The van der Waals surface area contributed by atoms with Crippen LogP contribution in [0, 0.1) is 35.5 Å². The van der Waals surface area contributed by atoms with Crippen molar-refractivity contribution < 1.29 is 0 Å². The molecule has 1 aliphatic carbocycles. The number of hydrogen-bond acceptors (Lipinski definition) is 2. The lowest BCUT2D eigenvalue weighted by Gasteiger charge is -2.28. The van der Waals surface area contributed by atoms with E-state index in [4.69, 9.17) is 6.42 Å². The molecule has 0 saturated heterocycles. The van der Waals surface area contributed by atoms with Gasteiger partial charge < -0.3 is 0 Å². The Morgan fingerprint density at radius 1 is 1.26 bits per heavy atom. The largest absolute Gasteiger partial charge is 0.263 e. The van der Waals surface area contributed by atoms with Crippen LogP contribution >= 0.6 is 0 Å². The van der Waals surface area contributed by atoms with E-state index in [0.29, 0.717) is 11.8 Å². The average molecular weight is 252 g/mol. The maximum Gasteiger partial charge on any atom is 0.0842 e. The zero-order valence-electron chi connectivity index (χ0n) is 11.7. The first-order chi connectivity index (χ1) is 9.09. The standard InChI is InChI=1S/C17H20N2/c1-4-15-7-16(11-19-10-15)17(12-18)8-13(2)5-6-14(3)9-17/h1,7,10-11,13-14H,5-6,8-9H2,2-3H3. The van der Waals surface area contributed by atoms with Crippen LogP contribution in [0.15, 0.2) is 18.5 Å². The fourth-order valence-electron chi connectivity index (χ4n) is 3.22. The first kappa shape index (κ1) is 13.6. The molecule has 98 valence electrons. The van der Waals surface area contributed by atoms with Gasteiger partial charge in [0.05, 0.1) is 11.5 Å². The lowest BCUT2D eigenvalue weighted by Crippen LogP contribution is -2.27. The molecule has 1 aromatic heterocycles. The minimum atomic E-state index is -0.421. The molecule has 2 rings (SSSR count). The summed E-state index contributed by atoms with van der Waals surface area (Å²) in [5, 5.41) is 9.79. The molecule has 0 amide bonds. The van der Waals surface area contributed by atoms with E-state index in [1.807, 2.05) is 12.3 Å². The molecule has 1 aromatic rings. The Kier molecular flexibility index (Phi) is 3.91. The van der Waals surface area contributed by atoms with Gasteiger partial charge in [-0.2, -0.15) is 5.26 Å². The molecular formula is C17H20N2. The fourth-order valence-corrected chi connectivity index (χ4v) is 3.22. The Morgan fingerprint density at radius 3 is 2.42 bits per heavy atom. The highest BCUT2D eigenvalue weighted by molar-refractivity contribution is 5.39. The Morgan fingerprint density at radius 2 is 1.89 bits per heavy atom. The maximum absolute atomic E-state index is 9.79. The molecule has 0 bridgehead atoms. The van der Waals surface area contributed by atoms with Gasteiger partial charge in [0.2, 0.25) is 0 Å². The number of nitrogens with zero attached hydrogens (tertiary/aromatic N) is 2. The minimum Gasteiger partial charge on any atom is -0.263 e. The van der Waals surface area contributed by atoms with Crippen LogP contribution in [0.3, 0.4) is 0 Å². The minimum absolute atomic E-state index is 0.421. The number of aromatic nitrogens is 1. The third-order valence-electron chi connectivity index (χ3n) is 4.22. The maximum atomic E-state index is 9.79. The van der Waals surface area contributed by atoms with Gasteiger partial charge in [-0.25, -0.2) is 0 Å². The van der Waals surface area contributed by atoms with Gasteiger partial charge in [0.25, 0.3) is 0 Å². The van der Waals surface area contributed by atoms with Gasteiger partial charge in [-0.15, -0.1) is 6.42 Å². The second-order valence-corrected chi connectivity index (χ2v) is 6.00. The van der Waals surface area contributed by atoms with Crippen LogP contribution in [0.25, 0.3) is 0 Å². The molecule has 0 spiro atoms. The number of rotatable bonds is 1. The molecule has 0 aromatic carbocycles. The van der Waals surface area contributed by atoms with Crippen LogP contribution in [-0.4, -0.2) is 4.98 Å². The van der Waals surface area contributed by atoms with Crippen molar-refractivity contribution in [1.29, 1.82) is 5.26 Å². The average Bonchev–Trinajstić information content (AvgIpc) is 2.58. The van der Waals surface area contributed by atoms with Crippen molar-refractivity contribution in [2.45, 2.75) is 44.9 Å². The van der Waals surface area contributed by atoms with E-state index in [9.17, 15) is 5.26 Å². The second-order valence-electron chi connectivity index (χ2n) is 6.00. The summed E-state index contributed by atoms with van der Waals surface area (Å²) in [6.07, 6.45) is 13.2. The molecule has 0 aliphatic heterocycles. The Balaban J connectivity index is 2.46. The van der Waals surface area contributed by atoms with E-state index in [2.05, 4.69) is 30.8 Å². The summed E-state index contributed by atoms with van der Waals surface area (Å²) in [6.45, 7) is 4.48. The Hall–Kier alpha value is -1.80. The number of terminal acetylenes is 1. The topological polar surface area (TPSA) is 36.7 Å². The summed E-state index contributed by atoms with van der Waals surface area (Å²) in [5.74, 6) is 3.75. The molecule has 2 nitrogen and oxygen atoms in total. The van der Waals surface area contributed by atoms with E-state index in [1.165, 1.54) is 12.8 Å². The molecule has 1 fully saturated rings. The highest BCUT2D eigenvalue weighted by atomic mass is 14.6. The van der Waals surface area contributed by atoms with Crippen LogP contribution in [0.4, 0.5) is 0 Å². The third kappa shape index (κ3) is 2.79. The Bertz CT molecular complexity index is 521. The van der Waals surface area contributed by atoms with Crippen LogP contribution in [-0.2, 0) is 5.41 Å². The van der Waals surface area contributed by atoms with Gasteiger partial charge in [0.1, 0.15) is 0 Å². The monoisotopic (exact) mass is 252 g/mol. The van der Waals surface area contributed by atoms with Crippen molar-refractivity contribution in [3.8, 4) is 18.4 Å². The summed E-state index contributed by atoms with van der Waals surface area (Å²) in [7, 11) is 0. The van der Waals surface area contributed by atoms with Crippen molar-refractivity contribution >= 4 is 0 Å². The summed E-state index contributed by atoms with van der Waals surface area (Å²) < 4.78 is 0. The zero-order valence-corrected chi connectivity index (χ0v) is 11.7. The summed E-state index contributed by atoms with van der Waals surface area (Å²) in [6, 6.07) is 4.54. The normalized spacial score (nSPS) is 30.9. The summed E-state index contributed by atoms with van der Waals surface area (Å²) >= 11 is 0. The molecule has 2 unspecified atom stereocenters. The molecule has 2 heteroatoms. The zero-order chi connectivity index (χ0) is 13.9. The molecule has 0 radical (unpaired) electrons. The smallest absolute Gasteiger partial charge is 0.0842 e. The van der Waals surface area contributed by atoms with Crippen molar-refractivity contribution in [1.82, 2.24) is 4.98 Å². The highest BCUT2D eigenvalue weighted by Gasteiger charge is 2.38. The van der Waals surface area contributed by atoms with Gasteiger partial charge >= 0.3 is 0 Å². The van der Waals surface area contributed by atoms with E-state index in [0.717, 1.165) is 24.0 Å². The van der Waals surface area contributed by atoms with Gasteiger partial charge in [0, 0.05) is 18.0 Å². The predicted octanol–water partition coefficient (Wildman–Crippen LogP) is 3.67. The lowest BCUT2D eigenvalue weighted by molar-refractivity contribution is 0.382. The molecule has 1 aliphatic rings. The SMILES string of the molecule is C#Cc1cncc(C2(C#N)CC(C)CCC(C)C2)c1. The number of pyridine rings is 1. The third-order valence-corrected chi connectivity index (χ3v) is 4.22. The van der Waals surface area contributed by atoms with Crippen molar-refractivity contribution in [2.75, 3.05) is 0 Å². The van der Waals surface area contributed by atoms with Crippen molar-refractivity contribution in [3.05, 3.63) is 29.6 Å². The quantitative estimate of drug-likeness (QED) is 0.565. The molecular weight excluding hydrogens is 232 g/mol. The molecule has 2 atom stereocenters. The first-order valence-electron chi connectivity index (χ1n) is 6.93. The van der Waals surface area contributed by atoms with E-state index in [1.54, 1.807) is 6.20 Å². The summed E-state index contributed by atoms with van der Waals surface area (Å²) in [5.41, 5.74) is 1.33. The molecule has 1 heterocycles.